The summed E-state index contributed by atoms with van der Waals surface area (Å²) in [5.41, 5.74) is 3.59. The zero-order chi connectivity index (χ0) is 22.2. The summed E-state index contributed by atoms with van der Waals surface area (Å²) in [7, 11) is 0. The SMILES string of the molecule is C[C@@H]1CCCN(C(=O)COC(=O)c2c3c(nc4ccccc24)CC[C@@H](C(C)(C)C)C3)C1. The fourth-order valence-corrected chi connectivity index (χ4v) is 5.07. The molecule has 166 valence electrons. The van der Waals surface area contributed by atoms with Crippen molar-refractivity contribution in [1.82, 2.24) is 9.88 Å². The third-order valence-electron chi connectivity index (χ3n) is 7.02. The molecule has 2 atom stereocenters. The molecule has 2 aromatic rings. The van der Waals surface area contributed by atoms with Gasteiger partial charge < -0.3 is 9.64 Å². The van der Waals surface area contributed by atoms with Gasteiger partial charge in [-0.15, -0.1) is 0 Å². The van der Waals surface area contributed by atoms with Crippen LogP contribution in [0.3, 0.4) is 0 Å². The van der Waals surface area contributed by atoms with Gasteiger partial charge in [-0.05, 0) is 61.0 Å². The minimum atomic E-state index is -0.400. The summed E-state index contributed by atoms with van der Waals surface area (Å²) in [6, 6.07) is 7.76. The van der Waals surface area contributed by atoms with Crippen LogP contribution in [-0.2, 0) is 22.4 Å². The first-order valence-corrected chi connectivity index (χ1v) is 11.6. The van der Waals surface area contributed by atoms with Crippen LogP contribution in [0.2, 0.25) is 0 Å². The number of benzene rings is 1. The van der Waals surface area contributed by atoms with Gasteiger partial charge in [-0.25, -0.2) is 4.79 Å². The molecule has 0 unspecified atom stereocenters. The second-order valence-electron chi connectivity index (χ2n) is 10.4. The molecule has 1 aliphatic heterocycles. The van der Waals surface area contributed by atoms with E-state index < -0.39 is 5.97 Å². The van der Waals surface area contributed by atoms with Crippen molar-refractivity contribution < 1.29 is 14.3 Å². The highest BCUT2D eigenvalue weighted by molar-refractivity contribution is 6.05. The number of aryl methyl sites for hydroxylation is 1. The maximum absolute atomic E-state index is 13.3. The molecule has 0 saturated carbocycles. The van der Waals surface area contributed by atoms with Crippen LogP contribution in [0.25, 0.3) is 10.9 Å². The highest BCUT2D eigenvalue weighted by Crippen LogP contribution is 2.39. The van der Waals surface area contributed by atoms with Gasteiger partial charge in [0.15, 0.2) is 6.61 Å². The molecular formula is C26H34N2O3. The van der Waals surface area contributed by atoms with Gasteiger partial charge in [0.25, 0.3) is 5.91 Å². The number of pyridine rings is 1. The van der Waals surface area contributed by atoms with Crippen LogP contribution in [0.4, 0.5) is 0 Å². The number of fused-ring (bicyclic) bond motifs is 2. The Morgan fingerprint density at radius 1 is 1.19 bits per heavy atom. The monoisotopic (exact) mass is 422 g/mol. The van der Waals surface area contributed by atoms with E-state index in [1.807, 2.05) is 29.2 Å². The molecule has 0 radical (unpaired) electrons. The number of hydrogen-bond donors (Lipinski definition) is 0. The molecule has 5 heteroatoms. The van der Waals surface area contributed by atoms with E-state index in [9.17, 15) is 9.59 Å². The summed E-state index contributed by atoms with van der Waals surface area (Å²) < 4.78 is 5.62. The fraction of sp³-hybridized carbons (Fsp3) is 0.577. The number of para-hydroxylation sites is 1. The van der Waals surface area contributed by atoms with Crippen molar-refractivity contribution in [3.05, 3.63) is 41.1 Å². The van der Waals surface area contributed by atoms with E-state index in [0.717, 1.165) is 67.4 Å². The lowest BCUT2D eigenvalue weighted by Gasteiger charge is -2.35. The molecule has 1 aromatic carbocycles. The smallest absolute Gasteiger partial charge is 0.339 e. The van der Waals surface area contributed by atoms with Crippen molar-refractivity contribution in [2.45, 2.75) is 59.8 Å². The number of likely N-dealkylation sites (tertiary alicyclic amines) is 1. The van der Waals surface area contributed by atoms with Gasteiger partial charge in [0.1, 0.15) is 0 Å². The van der Waals surface area contributed by atoms with Crippen LogP contribution in [0.5, 0.6) is 0 Å². The predicted octanol–water partition coefficient (Wildman–Crippen LogP) is 4.80. The third kappa shape index (κ3) is 4.60. The highest BCUT2D eigenvalue weighted by atomic mass is 16.5. The Bertz CT molecular complexity index is 992. The molecule has 4 rings (SSSR count). The Labute approximate surface area is 185 Å². The van der Waals surface area contributed by atoms with Gasteiger partial charge in [-0.2, -0.15) is 0 Å². The Hall–Kier alpha value is -2.43. The van der Waals surface area contributed by atoms with Gasteiger partial charge >= 0.3 is 5.97 Å². The molecule has 31 heavy (non-hydrogen) atoms. The number of hydrogen-bond acceptors (Lipinski definition) is 4. The Morgan fingerprint density at radius 2 is 1.97 bits per heavy atom. The standard InChI is InChI=1S/C26H34N2O3/c1-17-8-7-13-28(15-17)23(29)16-31-25(30)24-19-9-5-6-10-21(19)27-22-12-11-18(14-20(22)24)26(2,3)4/h5-6,9-10,17-18H,7-8,11-16H2,1-4H3/t17-,18-/m1/s1. The first kappa shape index (κ1) is 21.8. The zero-order valence-corrected chi connectivity index (χ0v) is 19.2. The number of aromatic nitrogens is 1. The molecule has 0 N–H and O–H groups in total. The number of carbonyl (C=O) groups excluding carboxylic acids is 2. The van der Waals surface area contributed by atoms with E-state index in [1.165, 1.54) is 0 Å². The minimum Gasteiger partial charge on any atom is -0.452 e. The summed E-state index contributed by atoms with van der Waals surface area (Å²) in [4.78, 5) is 32.7. The van der Waals surface area contributed by atoms with E-state index in [4.69, 9.17) is 9.72 Å². The number of rotatable bonds is 3. The number of piperidine rings is 1. The van der Waals surface area contributed by atoms with Gasteiger partial charge in [0, 0.05) is 24.2 Å². The molecule has 0 spiro atoms. The molecule has 1 saturated heterocycles. The lowest BCUT2D eigenvalue weighted by molar-refractivity contribution is -0.136. The molecular weight excluding hydrogens is 388 g/mol. The average Bonchev–Trinajstić information content (AvgIpc) is 2.74. The van der Waals surface area contributed by atoms with E-state index in [1.54, 1.807) is 0 Å². The lowest BCUT2D eigenvalue weighted by Crippen LogP contribution is -2.41. The Balaban J connectivity index is 1.61. The minimum absolute atomic E-state index is 0.0975. The molecule has 1 amide bonds. The average molecular weight is 423 g/mol. The highest BCUT2D eigenvalue weighted by Gasteiger charge is 2.33. The van der Waals surface area contributed by atoms with Gasteiger partial charge in [-0.3, -0.25) is 9.78 Å². The van der Waals surface area contributed by atoms with E-state index in [-0.39, 0.29) is 17.9 Å². The predicted molar refractivity (Wildman–Crippen MR) is 122 cm³/mol. The summed E-state index contributed by atoms with van der Waals surface area (Å²) in [6.45, 7) is 10.2. The third-order valence-corrected chi connectivity index (χ3v) is 7.02. The quantitative estimate of drug-likeness (QED) is 0.667. The summed E-state index contributed by atoms with van der Waals surface area (Å²) >= 11 is 0. The Morgan fingerprint density at radius 3 is 2.71 bits per heavy atom. The van der Waals surface area contributed by atoms with Crippen LogP contribution in [0, 0.1) is 17.3 Å². The van der Waals surface area contributed by atoms with Gasteiger partial charge in [0.05, 0.1) is 11.1 Å². The second-order valence-corrected chi connectivity index (χ2v) is 10.4. The summed E-state index contributed by atoms with van der Waals surface area (Å²) in [6.07, 6.45) is 4.92. The van der Waals surface area contributed by atoms with Gasteiger partial charge in [0.2, 0.25) is 0 Å². The normalized spacial score (nSPS) is 21.6. The molecule has 2 heterocycles. The van der Waals surface area contributed by atoms with Crippen molar-refractivity contribution in [3.63, 3.8) is 0 Å². The largest absolute Gasteiger partial charge is 0.452 e. The van der Waals surface area contributed by atoms with Crippen molar-refractivity contribution in [1.29, 1.82) is 0 Å². The number of carbonyl (C=O) groups is 2. The number of esters is 1. The van der Waals surface area contributed by atoms with Crippen LogP contribution in [0.15, 0.2) is 24.3 Å². The van der Waals surface area contributed by atoms with Crippen molar-refractivity contribution in [2.24, 2.45) is 17.3 Å². The van der Waals surface area contributed by atoms with Crippen molar-refractivity contribution in [3.8, 4) is 0 Å². The summed E-state index contributed by atoms with van der Waals surface area (Å²) in [5.74, 6) is 0.479. The second kappa shape index (κ2) is 8.60. The van der Waals surface area contributed by atoms with Crippen LogP contribution in [0.1, 0.15) is 68.6 Å². The molecule has 5 nitrogen and oxygen atoms in total. The first-order chi connectivity index (χ1) is 14.7. The number of nitrogens with zero attached hydrogens (tertiary/aromatic N) is 2. The maximum atomic E-state index is 13.3. The molecule has 1 aromatic heterocycles. The van der Waals surface area contributed by atoms with Crippen LogP contribution >= 0.6 is 0 Å². The maximum Gasteiger partial charge on any atom is 0.339 e. The molecule has 0 bridgehead atoms. The van der Waals surface area contributed by atoms with Gasteiger partial charge in [-0.1, -0.05) is 45.9 Å². The van der Waals surface area contributed by atoms with E-state index >= 15 is 0 Å². The fourth-order valence-electron chi connectivity index (χ4n) is 5.07. The van der Waals surface area contributed by atoms with Crippen molar-refractivity contribution in [2.75, 3.05) is 19.7 Å². The van der Waals surface area contributed by atoms with E-state index in [0.29, 0.717) is 17.4 Å². The molecule has 1 aliphatic carbocycles. The van der Waals surface area contributed by atoms with E-state index in [2.05, 4.69) is 27.7 Å². The van der Waals surface area contributed by atoms with Crippen LogP contribution < -0.4 is 0 Å². The first-order valence-electron chi connectivity index (χ1n) is 11.6. The molecule has 1 fully saturated rings. The Kier molecular flexibility index (Phi) is 6.05. The zero-order valence-electron chi connectivity index (χ0n) is 19.2. The summed E-state index contributed by atoms with van der Waals surface area (Å²) in [5, 5.41) is 0.819. The molecule has 2 aliphatic rings. The topological polar surface area (TPSA) is 59.5 Å². The number of amides is 1. The number of ether oxygens (including phenoxy) is 1. The lowest BCUT2D eigenvalue weighted by atomic mass is 9.70. The van der Waals surface area contributed by atoms with Crippen LogP contribution in [-0.4, -0.2) is 41.5 Å². The van der Waals surface area contributed by atoms with Crippen molar-refractivity contribution >= 4 is 22.8 Å².